The SMILES string of the molecule is O=C(O)C1CCC(c2nc(-c3ccc[nH]3)no2)C1. The first-order valence-corrected chi connectivity index (χ1v) is 5.94. The van der Waals surface area contributed by atoms with Gasteiger partial charge in [-0.1, -0.05) is 5.16 Å². The van der Waals surface area contributed by atoms with Crippen molar-refractivity contribution in [1.82, 2.24) is 15.1 Å². The van der Waals surface area contributed by atoms with Crippen LogP contribution in [0.15, 0.2) is 22.9 Å². The molecule has 0 amide bonds. The number of hydrogen-bond donors (Lipinski definition) is 2. The molecule has 0 bridgehead atoms. The van der Waals surface area contributed by atoms with Crippen molar-refractivity contribution in [2.24, 2.45) is 5.92 Å². The first-order chi connectivity index (χ1) is 8.74. The topological polar surface area (TPSA) is 92.0 Å². The molecule has 0 spiro atoms. The molecule has 3 rings (SSSR count). The molecule has 18 heavy (non-hydrogen) atoms. The van der Waals surface area contributed by atoms with Crippen molar-refractivity contribution >= 4 is 5.97 Å². The van der Waals surface area contributed by atoms with E-state index >= 15 is 0 Å². The Balaban J connectivity index is 1.77. The van der Waals surface area contributed by atoms with E-state index in [4.69, 9.17) is 9.63 Å². The number of aliphatic carboxylic acids is 1. The molecule has 1 saturated carbocycles. The molecule has 1 aliphatic carbocycles. The Bertz CT molecular complexity index is 547. The van der Waals surface area contributed by atoms with Crippen LogP contribution in [0.1, 0.15) is 31.1 Å². The van der Waals surface area contributed by atoms with Gasteiger partial charge in [0.1, 0.15) is 0 Å². The zero-order valence-corrected chi connectivity index (χ0v) is 9.67. The van der Waals surface area contributed by atoms with Gasteiger partial charge in [-0.3, -0.25) is 4.79 Å². The Morgan fingerprint density at radius 3 is 3.06 bits per heavy atom. The minimum absolute atomic E-state index is 0.0716. The Morgan fingerprint density at radius 1 is 1.50 bits per heavy atom. The number of carboxylic acids is 1. The summed E-state index contributed by atoms with van der Waals surface area (Å²) in [4.78, 5) is 18.2. The summed E-state index contributed by atoms with van der Waals surface area (Å²) in [6.45, 7) is 0. The molecule has 2 aromatic heterocycles. The highest BCUT2D eigenvalue weighted by molar-refractivity contribution is 5.70. The average Bonchev–Trinajstić information content (AvgIpc) is 3.10. The van der Waals surface area contributed by atoms with E-state index in [1.54, 1.807) is 6.20 Å². The van der Waals surface area contributed by atoms with Crippen molar-refractivity contribution in [3.63, 3.8) is 0 Å². The first kappa shape index (κ1) is 11.0. The Morgan fingerprint density at radius 2 is 2.39 bits per heavy atom. The highest BCUT2D eigenvalue weighted by atomic mass is 16.5. The third-order valence-corrected chi connectivity index (χ3v) is 3.41. The summed E-state index contributed by atoms with van der Waals surface area (Å²) in [6.07, 6.45) is 3.85. The quantitative estimate of drug-likeness (QED) is 0.865. The molecule has 1 aliphatic rings. The lowest BCUT2D eigenvalue weighted by Crippen LogP contribution is -2.09. The van der Waals surface area contributed by atoms with Gasteiger partial charge in [0.15, 0.2) is 0 Å². The van der Waals surface area contributed by atoms with E-state index in [9.17, 15) is 4.79 Å². The van der Waals surface area contributed by atoms with Gasteiger partial charge in [-0.05, 0) is 31.4 Å². The predicted octanol–water partition coefficient (Wildman–Crippen LogP) is 2.03. The minimum Gasteiger partial charge on any atom is -0.481 e. The van der Waals surface area contributed by atoms with E-state index < -0.39 is 5.97 Å². The van der Waals surface area contributed by atoms with E-state index in [0.29, 0.717) is 24.6 Å². The molecule has 0 aromatic carbocycles. The van der Waals surface area contributed by atoms with Crippen molar-refractivity contribution in [2.45, 2.75) is 25.2 Å². The fourth-order valence-corrected chi connectivity index (χ4v) is 2.41. The second-order valence-corrected chi connectivity index (χ2v) is 4.59. The lowest BCUT2D eigenvalue weighted by molar-refractivity contribution is -0.141. The fourth-order valence-electron chi connectivity index (χ4n) is 2.41. The van der Waals surface area contributed by atoms with E-state index in [1.165, 1.54) is 0 Å². The van der Waals surface area contributed by atoms with Gasteiger partial charge in [-0.15, -0.1) is 0 Å². The first-order valence-electron chi connectivity index (χ1n) is 5.94. The van der Waals surface area contributed by atoms with E-state index in [1.807, 2.05) is 12.1 Å². The third-order valence-electron chi connectivity index (χ3n) is 3.41. The molecule has 6 nitrogen and oxygen atoms in total. The van der Waals surface area contributed by atoms with Crippen molar-refractivity contribution < 1.29 is 14.4 Å². The van der Waals surface area contributed by atoms with Crippen LogP contribution < -0.4 is 0 Å². The predicted molar refractivity (Wildman–Crippen MR) is 61.8 cm³/mol. The van der Waals surface area contributed by atoms with Crippen LogP contribution in [0.2, 0.25) is 0 Å². The van der Waals surface area contributed by atoms with Crippen LogP contribution in [0.5, 0.6) is 0 Å². The molecule has 0 saturated heterocycles. The Hall–Kier alpha value is -2.11. The molecule has 2 heterocycles. The van der Waals surface area contributed by atoms with Crippen LogP contribution in [-0.4, -0.2) is 26.2 Å². The second-order valence-electron chi connectivity index (χ2n) is 4.59. The standard InChI is InChI=1S/C12H13N3O3/c16-12(17)8-4-3-7(6-8)11-14-10(15-18-11)9-2-1-5-13-9/h1-2,5,7-8,13H,3-4,6H2,(H,16,17). The number of aromatic nitrogens is 3. The number of carboxylic acid groups (broad SMARTS) is 1. The second kappa shape index (κ2) is 4.29. The normalized spacial score (nSPS) is 23.3. The summed E-state index contributed by atoms with van der Waals surface area (Å²) in [5, 5.41) is 12.9. The summed E-state index contributed by atoms with van der Waals surface area (Å²) < 4.78 is 5.23. The van der Waals surface area contributed by atoms with Crippen molar-refractivity contribution in [2.75, 3.05) is 0 Å². The van der Waals surface area contributed by atoms with Crippen LogP contribution in [-0.2, 0) is 4.79 Å². The maximum absolute atomic E-state index is 10.9. The van der Waals surface area contributed by atoms with Crippen LogP contribution >= 0.6 is 0 Å². The van der Waals surface area contributed by atoms with Crippen molar-refractivity contribution in [1.29, 1.82) is 0 Å². The Kier molecular flexibility index (Phi) is 2.62. The minimum atomic E-state index is -0.735. The van der Waals surface area contributed by atoms with Crippen LogP contribution in [0, 0.1) is 5.92 Å². The largest absolute Gasteiger partial charge is 0.481 e. The van der Waals surface area contributed by atoms with Gasteiger partial charge < -0.3 is 14.6 Å². The molecular formula is C12H13N3O3. The van der Waals surface area contributed by atoms with Gasteiger partial charge in [-0.25, -0.2) is 0 Å². The average molecular weight is 247 g/mol. The summed E-state index contributed by atoms with van der Waals surface area (Å²) in [5.41, 5.74) is 0.804. The molecule has 2 N–H and O–H groups in total. The maximum Gasteiger partial charge on any atom is 0.306 e. The highest BCUT2D eigenvalue weighted by Crippen LogP contribution is 2.38. The zero-order chi connectivity index (χ0) is 12.5. The van der Waals surface area contributed by atoms with Gasteiger partial charge in [0.2, 0.25) is 11.7 Å². The molecular weight excluding hydrogens is 234 g/mol. The summed E-state index contributed by atoms with van der Waals surface area (Å²) in [5.74, 6) is 0.122. The lowest BCUT2D eigenvalue weighted by Gasteiger charge is -2.02. The van der Waals surface area contributed by atoms with Crippen molar-refractivity contribution in [3.8, 4) is 11.5 Å². The number of H-pyrrole nitrogens is 1. The lowest BCUT2D eigenvalue weighted by atomic mass is 10.1. The molecule has 2 aromatic rings. The third kappa shape index (κ3) is 1.90. The van der Waals surface area contributed by atoms with Crippen LogP contribution in [0.3, 0.4) is 0 Å². The molecule has 94 valence electrons. The number of nitrogens with zero attached hydrogens (tertiary/aromatic N) is 2. The van der Waals surface area contributed by atoms with Gasteiger partial charge in [0.25, 0.3) is 0 Å². The number of aromatic amines is 1. The van der Waals surface area contributed by atoms with Gasteiger partial charge in [-0.2, -0.15) is 4.98 Å². The van der Waals surface area contributed by atoms with Crippen LogP contribution in [0.4, 0.5) is 0 Å². The maximum atomic E-state index is 10.9. The smallest absolute Gasteiger partial charge is 0.306 e. The monoisotopic (exact) mass is 247 g/mol. The zero-order valence-electron chi connectivity index (χ0n) is 9.67. The van der Waals surface area contributed by atoms with Crippen LogP contribution in [0.25, 0.3) is 11.5 Å². The number of rotatable bonds is 3. The molecule has 0 radical (unpaired) electrons. The fraction of sp³-hybridized carbons (Fsp3) is 0.417. The van der Waals surface area contributed by atoms with E-state index in [-0.39, 0.29) is 11.8 Å². The van der Waals surface area contributed by atoms with Gasteiger partial charge >= 0.3 is 5.97 Å². The summed E-state index contributed by atoms with van der Waals surface area (Å²) >= 11 is 0. The Labute approximate surface area is 103 Å². The van der Waals surface area contributed by atoms with E-state index in [2.05, 4.69) is 15.1 Å². The summed E-state index contributed by atoms with van der Waals surface area (Å²) in [7, 11) is 0. The molecule has 2 unspecified atom stereocenters. The van der Waals surface area contributed by atoms with E-state index in [0.717, 1.165) is 12.1 Å². The number of carbonyl (C=O) groups is 1. The molecule has 2 atom stereocenters. The molecule has 1 fully saturated rings. The van der Waals surface area contributed by atoms with Crippen molar-refractivity contribution in [3.05, 3.63) is 24.2 Å². The molecule has 6 heteroatoms. The highest BCUT2D eigenvalue weighted by Gasteiger charge is 2.33. The van der Waals surface area contributed by atoms with Gasteiger partial charge in [0.05, 0.1) is 11.6 Å². The summed E-state index contributed by atoms with van der Waals surface area (Å²) in [6, 6.07) is 3.73. The number of nitrogens with one attached hydrogen (secondary N) is 1. The number of hydrogen-bond acceptors (Lipinski definition) is 4. The molecule has 0 aliphatic heterocycles. The van der Waals surface area contributed by atoms with Gasteiger partial charge in [0, 0.05) is 12.1 Å².